The lowest BCUT2D eigenvalue weighted by Crippen LogP contribution is -2.37. The van der Waals surface area contributed by atoms with Crippen molar-refractivity contribution in [3.63, 3.8) is 0 Å². The van der Waals surface area contributed by atoms with Crippen molar-refractivity contribution in [1.82, 2.24) is 19.8 Å². The maximum Gasteiger partial charge on any atom is 0.405 e. The average Bonchev–Trinajstić information content (AvgIpc) is 2.93. The molecule has 0 bridgehead atoms. The fourth-order valence-electron chi connectivity index (χ4n) is 2.43. The lowest BCUT2D eigenvalue weighted by atomic mass is 9.94. The number of carbonyl (C=O) groups is 1. The molecule has 1 aromatic rings. The number of aromatic nitrogens is 2. The second-order valence-electron chi connectivity index (χ2n) is 5.44. The van der Waals surface area contributed by atoms with Gasteiger partial charge in [-0.1, -0.05) is 0 Å². The first-order chi connectivity index (χ1) is 10.6. The van der Waals surface area contributed by atoms with Crippen molar-refractivity contribution >= 4 is 15.9 Å². The SMILES string of the molecule is CS(=O)(=O)N1CCC(c2cc(C(=O)NCC(F)(F)F)n[nH]2)CC1. The number of carbonyl (C=O) groups excluding carboxylic acids is 1. The molecule has 0 aliphatic carbocycles. The fraction of sp³-hybridized carbons (Fsp3) is 0.667. The lowest BCUT2D eigenvalue weighted by Gasteiger charge is -2.29. The highest BCUT2D eigenvalue weighted by Gasteiger charge is 2.29. The second-order valence-corrected chi connectivity index (χ2v) is 7.43. The average molecular weight is 354 g/mol. The zero-order chi connectivity index (χ0) is 17.3. The Hall–Kier alpha value is -1.62. The van der Waals surface area contributed by atoms with Gasteiger partial charge >= 0.3 is 6.18 Å². The van der Waals surface area contributed by atoms with Crippen LogP contribution in [0.3, 0.4) is 0 Å². The fourth-order valence-corrected chi connectivity index (χ4v) is 3.31. The minimum atomic E-state index is -4.48. The van der Waals surface area contributed by atoms with Gasteiger partial charge in [-0.05, 0) is 18.9 Å². The molecule has 0 spiro atoms. The largest absolute Gasteiger partial charge is 0.405 e. The second kappa shape index (κ2) is 6.48. The van der Waals surface area contributed by atoms with Crippen molar-refractivity contribution in [2.75, 3.05) is 25.9 Å². The maximum atomic E-state index is 12.1. The molecule has 11 heteroatoms. The van der Waals surface area contributed by atoms with Gasteiger partial charge in [0.2, 0.25) is 10.0 Å². The smallest absolute Gasteiger partial charge is 0.342 e. The summed E-state index contributed by atoms with van der Waals surface area (Å²) >= 11 is 0. The van der Waals surface area contributed by atoms with E-state index in [-0.39, 0.29) is 11.6 Å². The Morgan fingerprint density at radius 1 is 1.43 bits per heavy atom. The summed E-state index contributed by atoms with van der Waals surface area (Å²) in [4.78, 5) is 11.6. The number of halogens is 3. The first-order valence-corrected chi connectivity index (χ1v) is 8.76. The quantitative estimate of drug-likeness (QED) is 0.838. The summed E-state index contributed by atoms with van der Waals surface area (Å²) in [5.74, 6) is -0.914. The number of aromatic amines is 1. The Kier molecular flexibility index (Phi) is 4.99. The van der Waals surface area contributed by atoms with Gasteiger partial charge in [-0.15, -0.1) is 0 Å². The van der Waals surface area contributed by atoms with E-state index in [9.17, 15) is 26.4 Å². The predicted molar refractivity (Wildman–Crippen MR) is 75.4 cm³/mol. The number of rotatable bonds is 4. The van der Waals surface area contributed by atoms with Crippen LogP contribution in [0, 0.1) is 0 Å². The van der Waals surface area contributed by atoms with Gasteiger partial charge in [-0.25, -0.2) is 12.7 Å². The molecule has 0 radical (unpaired) electrons. The molecule has 1 aromatic heterocycles. The number of hydrogen-bond acceptors (Lipinski definition) is 4. The number of piperidine rings is 1. The molecular formula is C12H17F3N4O3S. The first kappa shape index (κ1) is 17.7. The van der Waals surface area contributed by atoms with E-state index >= 15 is 0 Å². The predicted octanol–water partition coefficient (Wildman–Crippen LogP) is 0.841. The van der Waals surface area contributed by atoms with Gasteiger partial charge in [-0.3, -0.25) is 9.89 Å². The molecule has 130 valence electrons. The number of hydrogen-bond donors (Lipinski definition) is 2. The molecular weight excluding hydrogens is 337 g/mol. The van der Waals surface area contributed by atoms with E-state index in [4.69, 9.17) is 0 Å². The highest BCUT2D eigenvalue weighted by Crippen LogP contribution is 2.28. The Bertz CT molecular complexity index is 663. The number of amides is 1. The number of nitrogens with one attached hydrogen (secondary N) is 2. The molecule has 1 aliphatic heterocycles. The van der Waals surface area contributed by atoms with Crippen molar-refractivity contribution in [2.24, 2.45) is 0 Å². The topological polar surface area (TPSA) is 95.2 Å². The normalized spacial score (nSPS) is 18.1. The number of nitrogens with zero attached hydrogens (tertiary/aromatic N) is 2. The van der Waals surface area contributed by atoms with Crippen molar-refractivity contribution in [3.05, 3.63) is 17.5 Å². The molecule has 1 saturated heterocycles. The molecule has 1 amide bonds. The zero-order valence-corrected chi connectivity index (χ0v) is 13.2. The van der Waals surface area contributed by atoms with E-state index in [1.54, 1.807) is 5.32 Å². The molecule has 2 N–H and O–H groups in total. The highest BCUT2D eigenvalue weighted by atomic mass is 32.2. The number of sulfonamides is 1. The summed E-state index contributed by atoms with van der Waals surface area (Å²) in [6.07, 6.45) is -2.22. The zero-order valence-electron chi connectivity index (χ0n) is 12.4. The summed E-state index contributed by atoms with van der Waals surface area (Å²) in [5, 5.41) is 8.12. The van der Waals surface area contributed by atoms with Crippen LogP contribution >= 0.6 is 0 Å². The van der Waals surface area contributed by atoms with Crippen LogP contribution in [-0.2, 0) is 10.0 Å². The minimum absolute atomic E-state index is 0.00957. The third-order valence-corrected chi connectivity index (χ3v) is 4.95. The summed E-state index contributed by atoms with van der Waals surface area (Å²) in [7, 11) is -3.22. The Morgan fingerprint density at radius 3 is 2.57 bits per heavy atom. The number of alkyl halides is 3. The molecule has 0 saturated carbocycles. The minimum Gasteiger partial charge on any atom is -0.342 e. The molecule has 0 atom stereocenters. The van der Waals surface area contributed by atoms with Crippen LogP contribution < -0.4 is 5.32 Å². The van der Waals surface area contributed by atoms with Crippen LogP contribution in [0.1, 0.15) is 34.9 Å². The molecule has 1 aliphatic rings. The molecule has 23 heavy (non-hydrogen) atoms. The van der Waals surface area contributed by atoms with Gasteiger partial charge in [0, 0.05) is 24.7 Å². The molecule has 0 aromatic carbocycles. The maximum absolute atomic E-state index is 12.1. The summed E-state index contributed by atoms with van der Waals surface area (Å²) in [5.41, 5.74) is 0.505. The van der Waals surface area contributed by atoms with Crippen LogP contribution in [0.4, 0.5) is 13.2 Å². The van der Waals surface area contributed by atoms with Crippen molar-refractivity contribution in [2.45, 2.75) is 24.9 Å². The van der Waals surface area contributed by atoms with Crippen LogP contribution in [0.15, 0.2) is 6.07 Å². The van der Waals surface area contributed by atoms with E-state index < -0.39 is 28.7 Å². The third-order valence-electron chi connectivity index (χ3n) is 3.64. The molecule has 2 rings (SSSR count). The van der Waals surface area contributed by atoms with Crippen LogP contribution in [0.5, 0.6) is 0 Å². The van der Waals surface area contributed by atoms with Crippen molar-refractivity contribution in [3.8, 4) is 0 Å². The van der Waals surface area contributed by atoms with Gasteiger partial charge in [0.1, 0.15) is 12.2 Å². The highest BCUT2D eigenvalue weighted by molar-refractivity contribution is 7.88. The standard InChI is InChI=1S/C12H17F3N4O3S/c1-23(21,22)19-4-2-8(3-5-19)9-6-10(18-17-9)11(20)16-7-12(13,14)15/h6,8H,2-5,7H2,1H3,(H,16,20)(H,17,18). The molecule has 7 nitrogen and oxygen atoms in total. The van der Waals surface area contributed by atoms with Gasteiger partial charge in [0.15, 0.2) is 0 Å². The monoisotopic (exact) mass is 354 g/mol. The Balaban J connectivity index is 1.94. The molecule has 2 heterocycles. The Morgan fingerprint density at radius 2 is 2.04 bits per heavy atom. The summed E-state index contributed by atoms with van der Waals surface area (Å²) in [6.45, 7) is -0.697. The van der Waals surface area contributed by atoms with Gasteiger partial charge in [0.25, 0.3) is 5.91 Å². The number of H-pyrrole nitrogens is 1. The van der Waals surface area contributed by atoms with Crippen LogP contribution in [0.25, 0.3) is 0 Å². The van der Waals surface area contributed by atoms with Gasteiger partial charge in [0.05, 0.1) is 6.26 Å². The van der Waals surface area contributed by atoms with E-state index in [0.29, 0.717) is 31.6 Å². The summed E-state index contributed by atoms with van der Waals surface area (Å²) < 4.78 is 60.4. The first-order valence-electron chi connectivity index (χ1n) is 6.91. The third kappa shape index (κ3) is 4.93. The lowest BCUT2D eigenvalue weighted by molar-refractivity contribution is -0.123. The van der Waals surface area contributed by atoms with E-state index in [0.717, 1.165) is 6.26 Å². The van der Waals surface area contributed by atoms with E-state index in [1.165, 1.54) is 10.4 Å². The molecule has 0 unspecified atom stereocenters. The van der Waals surface area contributed by atoms with Gasteiger partial charge < -0.3 is 5.32 Å². The van der Waals surface area contributed by atoms with Gasteiger partial charge in [-0.2, -0.15) is 18.3 Å². The van der Waals surface area contributed by atoms with E-state index in [1.807, 2.05) is 0 Å². The van der Waals surface area contributed by atoms with Crippen LogP contribution in [0.2, 0.25) is 0 Å². The van der Waals surface area contributed by atoms with Crippen molar-refractivity contribution < 1.29 is 26.4 Å². The molecule has 1 fully saturated rings. The summed E-state index contributed by atoms with van der Waals surface area (Å²) in [6, 6.07) is 1.41. The van der Waals surface area contributed by atoms with E-state index in [2.05, 4.69) is 10.2 Å². The Labute approximate surface area is 131 Å². The van der Waals surface area contributed by atoms with Crippen LogP contribution in [-0.4, -0.2) is 60.9 Å². The van der Waals surface area contributed by atoms with Crippen molar-refractivity contribution in [1.29, 1.82) is 0 Å².